The van der Waals surface area contributed by atoms with Crippen LogP contribution in [0.3, 0.4) is 0 Å². The largest absolute Gasteiger partial charge is 0.192 e. The number of hydrogen-bond acceptors (Lipinski definition) is 4. The molecule has 25 heavy (non-hydrogen) atoms. The maximum absolute atomic E-state index is 9.11. The van der Waals surface area contributed by atoms with Crippen LogP contribution in [-0.4, -0.2) is 0 Å². The van der Waals surface area contributed by atoms with E-state index in [2.05, 4.69) is 13.8 Å². The number of nitrogens with zero attached hydrogens (tertiary/aromatic N) is 4. The van der Waals surface area contributed by atoms with Crippen molar-refractivity contribution in [2.24, 2.45) is 0 Å². The van der Waals surface area contributed by atoms with Gasteiger partial charge in [-0.3, -0.25) is 0 Å². The smallest absolute Gasteiger partial charge is 0.136 e. The number of benzene rings is 2. The van der Waals surface area contributed by atoms with Gasteiger partial charge in [0.15, 0.2) is 0 Å². The average Bonchev–Trinajstić information content (AvgIpc) is 2.85. The molecule has 4 nitrogen and oxygen atoms in total. The summed E-state index contributed by atoms with van der Waals surface area (Å²) < 4.78 is 0. The molecule has 2 aromatic carbocycles. The van der Waals surface area contributed by atoms with Gasteiger partial charge in [-0.25, -0.2) is 0 Å². The SMILES string of the molecule is CC1(C)c2cc(=C(C#N)C#N)ccc2=c2ccc(=C(C#N)C#N)cc21. The van der Waals surface area contributed by atoms with Crippen LogP contribution < -0.4 is 10.4 Å². The highest BCUT2D eigenvalue weighted by Crippen LogP contribution is 2.36. The summed E-state index contributed by atoms with van der Waals surface area (Å²) in [5, 5.41) is 39.7. The zero-order valence-electron chi connectivity index (χ0n) is 13.8. The van der Waals surface area contributed by atoms with Gasteiger partial charge in [0.1, 0.15) is 35.4 Å². The molecule has 4 heteroatoms. The van der Waals surface area contributed by atoms with E-state index in [4.69, 9.17) is 21.0 Å². The molecule has 0 radical (unpaired) electrons. The lowest BCUT2D eigenvalue weighted by molar-refractivity contribution is 0.649. The minimum Gasteiger partial charge on any atom is -0.192 e. The van der Waals surface area contributed by atoms with Gasteiger partial charge in [0.2, 0.25) is 0 Å². The van der Waals surface area contributed by atoms with Gasteiger partial charge < -0.3 is 0 Å². The fraction of sp³-hybridized carbons (Fsp3) is 0.143. The average molecular weight is 320 g/mol. The molecule has 0 heterocycles. The Morgan fingerprint density at radius 1 is 0.680 bits per heavy atom. The molecule has 0 aliphatic heterocycles. The van der Waals surface area contributed by atoms with Gasteiger partial charge >= 0.3 is 0 Å². The van der Waals surface area contributed by atoms with Crippen LogP contribution in [0.25, 0.3) is 11.1 Å². The molecule has 0 atom stereocenters. The van der Waals surface area contributed by atoms with Crippen LogP contribution in [0.5, 0.6) is 0 Å². The molecule has 0 spiro atoms. The molecule has 116 valence electrons. The van der Waals surface area contributed by atoms with Crippen LogP contribution in [0.2, 0.25) is 0 Å². The predicted molar refractivity (Wildman–Crippen MR) is 91.2 cm³/mol. The number of hydrogen-bond donors (Lipinski definition) is 0. The Kier molecular flexibility index (Phi) is 3.62. The van der Waals surface area contributed by atoms with E-state index in [1.165, 1.54) is 0 Å². The predicted octanol–water partition coefficient (Wildman–Crippen LogP) is 2.01. The van der Waals surface area contributed by atoms with Gasteiger partial charge in [-0.15, -0.1) is 0 Å². The highest BCUT2D eigenvalue weighted by molar-refractivity contribution is 5.73. The van der Waals surface area contributed by atoms with E-state index in [0.29, 0.717) is 10.4 Å². The molecular formula is C21H12N4. The Morgan fingerprint density at radius 3 is 1.36 bits per heavy atom. The monoisotopic (exact) mass is 320 g/mol. The summed E-state index contributed by atoms with van der Waals surface area (Å²) in [5.74, 6) is 0. The lowest BCUT2D eigenvalue weighted by atomic mass is 9.81. The van der Waals surface area contributed by atoms with Crippen LogP contribution >= 0.6 is 0 Å². The third-order valence-corrected chi connectivity index (χ3v) is 4.70. The third kappa shape index (κ3) is 2.26. The van der Waals surface area contributed by atoms with Crippen LogP contribution in [0.1, 0.15) is 25.0 Å². The van der Waals surface area contributed by atoms with Crippen molar-refractivity contribution in [1.82, 2.24) is 0 Å². The van der Waals surface area contributed by atoms with E-state index in [0.717, 1.165) is 21.6 Å². The summed E-state index contributed by atoms with van der Waals surface area (Å²) in [6.07, 6.45) is 0. The summed E-state index contributed by atoms with van der Waals surface area (Å²) >= 11 is 0. The third-order valence-electron chi connectivity index (χ3n) is 4.70. The van der Waals surface area contributed by atoms with Crippen LogP contribution in [-0.2, 0) is 5.41 Å². The van der Waals surface area contributed by atoms with Crippen molar-refractivity contribution in [2.75, 3.05) is 0 Å². The zero-order chi connectivity index (χ0) is 18.2. The second kappa shape index (κ2) is 5.65. The first kappa shape index (κ1) is 16.0. The Labute approximate surface area is 144 Å². The standard InChI is InChI=1S/C21H12N4/c1-21(2)19-7-13(15(9-22)10-23)3-5-17(19)18-6-4-14(8-20(18)21)16(11-24)12-25/h3-8H,1-2H3. The first-order chi connectivity index (χ1) is 12.0. The molecule has 0 bridgehead atoms. The Morgan fingerprint density at radius 2 is 1.04 bits per heavy atom. The maximum Gasteiger partial charge on any atom is 0.136 e. The first-order valence-corrected chi connectivity index (χ1v) is 7.62. The van der Waals surface area contributed by atoms with E-state index >= 15 is 0 Å². The Bertz CT molecular complexity index is 1170. The van der Waals surface area contributed by atoms with Crippen molar-refractivity contribution in [1.29, 1.82) is 21.0 Å². The van der Waals surface area contributed by atoms with E-state index < -0.39 is 0 Å². The highest BCUT2D eigenvalue weighted by atomic mass is 14.3. The fourth-order valence-corrected chi connectivity index (χ4v) is 3.36. The quantitative estimate of drug-likeness (QED) is 0.742. The van der Waals surface area contributed by atoms with E-state index in [1.807, 2.05) is 48.5 Å². The summed E-state index contributed by atoms with van der Waals surface area (Å²) in [7, 11) is 0. The Balaban J connectivity index is 2.48. The minimum absolute atomic E-state index is 0.0832. The van der Waals surface area contributed by atoms with Gasteiger partial charge in [-0.2, -0.15) is 21.0 Å². The number of rotatable bonds is 0. The molecule has 1 aliphatic carbocycles. The van der Waals surface area contributed by atoms with E-state index in [9.17, 15) is 0 Å². The molecule has 0 amide bonds. The van der Waals surface area contributed by atoms with Gasteiger partial charge in [0.05, 0.1) is 0 Å². The molecular weight excluding hydrogens is 308 g/mol. The lowest BCUT2D eigenvalue weighted by Gasteiger charge is -2.22. The van der Waals surface area contributed by atoms with E-state index in [1.54, 1.807) is 12.1 Å². The second-order valence-corrected chi connectivity index (χ2v) is 6.34. The lowest BCUT2D eigenvalue weighted by Crippen LogP contribution is -2.21. The topological polar surface area (TPSA) is 95.2 Å². The van der Waals surface area contributed by atoms with Crippen molar-refractivity contribution in [3.8, 4) is 24.3 Å². The summed E-state index contributed by atoms with van der Waals surface area (Å²) in [4.78, 5) is 0. The highest BCUT2D eigenvalue weighted by Gasteiger charge is 2.30. The Hall–Kier alpha value is -3.86. The fourth-order valence-electron chi connectivity index (χ4n) is 3.36. The summed E-state index contributed by atoms with van der Waals surface area (Å²) in [6.45, 7) is 4.12. The van der Waals surface area contributed by atoms with Crippen LogP contribution in [0, 0.1) is 55.8 Å². The number of nitriles is 4. The van der Waals surface area contributed by atoms with Gasteiger partial charge in [-0.1, -0.05) is 38.1 Å². The van der Waals surface area contributed by atoms with Crippen molar-refractivity contribution in [2.45, 2.75) is 19.3 Å². The maximum atomic E-state index is 9.11. The molecule has 0 saturated heterocycles. The molecule has 2 aromatic rings. The molecule has 3 rings (SSSR count). The van der Waals surface area contributed by atoms with Crippen molar-refractivity contribution >= 4 is 11.1 Å². The molecule has 0 fully saturated rings. The van der Waals surface area contributed by atoms with Crippen LogP contribution in [0.15, 0.2) is 36.4 Å². The summed E-state index contributed by atoms with van der Waals surface area (Å²) in [6, 6.07) is 18.9. The molecule has 0 N–H and O–H groups in total. The van der Waals surface area contributed by atoms with Crippen molar-refractivity contribution in [3.05, 3.63) is 68.4 Å². The molecule has 0 aromatic heterocycles. The van der Waals surface area contributed by atoms with Crippen molar-refractivity contribution in [3.63, 3.8) is 0 Å². The molecule has 1 aliphatic rings. The number of fused-ring (bicyclic) bond motifs is 2. The van der Waals surface area contributed by atoms with Gasteiger partial charge in [-0.05, 0) is 33.7 Å². The summed E-state index contributed by atoms with van der Waals surface area (Å²) in [5.41, 5.74) is 1.86. The second-order valence-electron chi connectivity index (χ2n) is 6.34. The van der Waals surface area contributed by atoms with Gasteiger partial charge in [0, 0.05) is 15.9 Å². The first-order valence-electron chi connectivity index (χ1n) is 7.62. The van der Waals surface area contributed by atoms with Crippen LogP contribution in [0.4, 0.5) is 0 Å². The van der Waals surface area contributed by atoms with Gasteiger partial charge in [0.25, 0.3) is 0 Å². The molecule has 0 saturated carbocycles. The molecule has 0 unspecified atom stereocenters. The van der Waals surface area contributed by atoms with Crippen molar-refractivity contribution < 1.29 is 0 Å². The zero-order valence-corrected chi connectivity index (χ0v) is 13.8. The normalized spacial score (nSPS) is 12.6. The van der Waals surface area contributed by atoms with E-state index in [-0.39, 0.29) is 16.6 Å². The minimum atomic E-state index is -0.358.